The number of hydrogen-bond acceptors (Lipinski definition) is 1. The monoisotopic (exact) mass is 870 g/mol. The maximum atomic E-state index is 6.71. The van der Waals surface area contributed by atoms with Crippen LogP contribution in [0.3, 0.4) is 0 Å². The van der Waals surface area contributed by atoms with Crippen LogP contribution in [0.15, 0.2) is 12.4 Å². The van der Waals surface area contributed by atoms with Gasteiger partial charge in [-0.15, -0.1) is 0 Å². The quantitative estimate of drug-likeness (QED) is 0.0471. The molecule has 0 N–H and O–H groups in total. The third kappa shape index (κ3) is 38.4. The van der Waals surface area contributed by atoms with E-state index in [2.05, 4.69) is 70.1 Å². The van der Waals surface area contributed by atoms with Crippen molar-refractivity contribution in [2.24, 2.45) is 24.8 Å². The van der Waals surface area contributed by atoms with Gasteiger partial charge < -0.3 is 4.74 Å². The summed E-state index contributed by atoms with van der Waals surface area (Å²) in [6, 6.07) is 0. The van der Waals surface area contributed by atoms with Gasteiger partial charge >= 0.3 is 0 Å². The number of hydrogen-bond donors (Lipinski definition) is 0. The molecule has 0 bridgehead atoms. The smallest absolute Gasteiger partial charge is 0.253 e. The van der Waals surface area contributed by atoms with E-state index in [4.69, 9.17) is 4.74 Å². The molecule has 3 heteroatoms. The lowest BCUT2D eigenvalue weighted by Crippen LogP contribution is -2.30. The van der Waals surface area contributed by atoms with E-state index in [9.17, 15) is 0 Å². The molecule has 0 radical (unpaired) electrons. The highest BCUT2D eigenvalue weighted by Gasteiger charge is 2.16. The highest BCUT2D eigenvalue weighted by atomic mass is 16.5. The molecular formula is C59H117N2O+. The predicted octanol–water partition coefficient (Wildman–Crippen LogP) is 19.7. The molecule has 368 valence electrons. The third-order valence-corrected chi connectivity index (χ3v) is 14.9. The highest BCUT2D eigenvalue weighted by Crippen LogP contribution is 2.27. The fourth-order valence-corrected chi connectivity index (χ4v) is 10.2. The van der Waals surface area contributed by atoms with Gasteiger partial charge in [-0.2, -0.15) is 0 Å². The molecular weight excluding hydrogens is 753 g/mol. The molecule has 0 saturated carbocycles. The van der Waals surface area contributed by atoms with Gasteiger partial charge in [-0.05, 0) is 37.0 Å². The minimum Gasteiger partial charge on any atom is -0.374 e. The van der Waals surface area contributed by atoms with Crippen molar-refractivity contribution in [2.75, 3.05) is 6.61 Å². The molecule has 0 amide bonds. The Morgan fingerprint density at radius 1 is 0.435 bits per heavy atom. The Hall–Kier alpha value is -0.830. The van der Waals surface area contributed by atoms with Crippen molar-refractivity contribution >= 4 is 0 Å². The van der Waals surface area contributed by atoms with Gasteiger partial charge in [0, 0.05) is 6.92 Å². The van der Waals surface area contributed by atoms with Crippen LogP contribution in [0, 0.1) is 24.7 Å². The Bertz CT molecular complexity index is 980. The maximum absolute atomic E-state index is 6.71. The van der Waals surface area contributed by atoms with E-state index in [0.717, 1.165) is 30.9 Å². The minimum absolute atomic E-state index is 0.422. The summed E-state index contributed by atoms with van der Waals surface area (Å²) in [6.45, 7) is 15.9. The largest absolute Gasteiger partial charge is 0.374 e. The zero-order valence-corrected chi connectivity index (χ0v) is 44.1. The first-order valence-corrected chi connectivity index (χ1v) is 29.0. The van der Waals surface area contributed by atoms with Gasteiger partial charge in [0.2, 0.25) is 0 Å². The molecule has 1 aromatic rings. The normalized spacial score (nSPS) is 13.0. The Morgan fingerprint density at radius 3 is 1.18 bits per heavy atom. The predicted molar refractivity (Wildman–Crippen MR) is 277 cm³/mol. The van der Waals surface area contributed by atoms with Gasteiger partial charge in [0.1, 0.15) is 18.9 Å². The van der Waals surface area contributed by atoms with E-state index >= 15 is 0 Å². The number of aryl methyl sites for hydroxylation is 1. The summed E-state index contributed by atoms with van der Waals surface area (Å²) in [7, 11) is 2.14. The van der Waals surface area contributed by atoms with E-state index in [0.29, 0.717) is 6.10 Å². The third-order valence-electron chi connectivity index (χ3n) is 14.9. The fourth-order valence-electron chi connectivity index (χ4n) is 10.2. The SMILES string of the molecule is CCCCCCCCCCCCCCCCCCC(CCCCCCCCCCCCCCCCCC)CCCCC(CCC(C)CCCC(C)C)OCCn1cc[n+](C)c1C. The number of imidazole rings is 1. The van der Waals surface area contributed by atoms with Crippen LogP contribution < -0.4 is 4.57 Å². The average molecular weight is 871 g/mol. The molecule has 62 heavy (non-hydrogen) atoms. The van der Waals surface area contributed by atoms with E-state index < -0.39 is 0 Å². The van der Waals surface area contributed by atoms with Crippen LogP contribution in [-0.4, -0.2) is 17.3 Å². The second kappa shape index (κ2) is 45.3. The van der Waals surface area contributed by atoms with Gasteiger partial charge in [0.15, 0.2) is 0 Å². The zero-order chi connectivity index (χ0) is 45.0. The van der Waals surface area contributed by atoms with Crippen LogP contribution in [0.2, 0.25) is 0 Å². The second-order valence-corrected chi connectivity index (χ2v) is 21.5. The lowest BCUT2D eigenvalue weighted by atomic mass is 9.89. The summed E-state index contributed by atoms with van der Waals surface area (Å²) in [6.07, 6.45) is 66.8. The molecule has 1 heterocycles. The van der Waals surface area contributed by atoms with E-state index in [1.807, 2.05) is 0 Å². The van der Waals surface area contributed by atoms with Crippen LogP contribution >= 0.6 is 0 Å². The van der Waals surface area contributed by atoms with Crippen molar-refractivity contribution in [3.8, 4) is 0 Å². The molecule has 2 unspecified atom stereocenters. The molecule has 1 rings (SSSR count). The standard InChI is InChI=1S/C59H117N2O/c1-8-10-12-14-16-18-20-22-24-26-28-30-32-34-36-38-45-58(46-39-37-35-33-31-29-27-25-23-21-19-17-15-13-11-9-2)47-40-41-48-59(50-49-56(5)44-42-43-55(3)4)62-54-53-61-52-51-60(7)57(61)6/h51-52,55-56,58-59H,8-50,53-54H2,1-7H3/q+1. The molecule has 0 aromatic carbocycles. The zero-order valence-electron chi connectivity index (χ0n) is 44.1. The van der Waals surface area contributed by atoms with Crippen molar-refractivity contribution in [2.45, 2.75) is 330 Å². The molecule has 1 aromatic heterocycles. The maximum Gasteiger partial charge on any atom is 0.253 e. The molecule has 0 saturated heterocycles. The first kappa shape index (κ1) is 59.2. The van der Waals surface area contributed by atoms with Crippen molar-refractivity contribution in [1.82, 2.24) is 4.57 Å². The van der Waals surface area contributed by atoms with Gasteiger partial charge in [-0.3, -0.25) is 0 Å². The molecule has 2 atom stereocenters. The number of nitrogens with zero attached hydrogens (tertiary/aromatic N) is 2. The van der Waals surface area contributed by atoms with Crippen molar-refractivity contribution in [1.29, 1.82) is 0 Å². The summed E-state index contributed by atoms with van der Waals surface area (Å²) in [4.78, 5) is 0. The summed E-state index contributed by atoms with van der Waals surface area (Å²) in [5, 5.41) is 0. The Morgan fingerprint density at radius 2 is 0.806 bits per heavy atom. The number of unbranched alkanes of at least 4 members (excludes halogenated alkanes) is 31. The van der Waals surface area contributed by atoms with Crippen LogP contribution in [0.25, 0.3) is 0 Å². The number of rotatable bonds is 50. The van der Waals surface area contributed by atoms with Crippen LogP contribution in [0.5, 0.6) is 0 Å². The van der Waals surface area contributed by atoms with E-state index in [1.165, 1.54) is 282 Å². The summed E-state index contributed by atoms with van der Waals surface area (Å²) in [5.74, 6) is 3.90. The van der Waals surface area contributed by atoms with Crippen molar-refractivity contribution in [3.05, 3.63) is 18.2 Å². The second-order valence-electron chi connectivity index (χ2n) is 21.5. The molecule has 0 aliphatic heterocycles. The number of ether oxygens (including phenoxy) is 1. The van der Waals surface area contributed by atoms with Gasteiger partial charge in [-0.1, -0.05) is 291 Å². The molecule has 3 nitrogen and oxygen atoms in total. The number of aromatic nitrogens is 2. The fraction of sp³-hybridized carbons (Fsp3) is 0.949. The van der Waals surface area contributed by atoms with E-state index in [-0.39, 0.29) is 0 Å². The Balaban J connectivity index is 2.43. The molecule has 0 spiro atoms. The minimum atomic E-state index is 0.422. The van der Waals surface area contributed by atoms with Gasteiger partial charge in [0.05, 0.1) is 19.8 Å². The van der Waals surface area contributed by atoms with Gasteiger partial charge in [0.25, 0.3) is 5.82 Å². The highest BCUT2D eigenvalue weighted by molar-refractivity contribution is 4.79. The molecule has 0 aliphatic rings. The van der Waals surface area contributed by atoms with Crippen LogP contribution in [-0.2, 0) is 18.3 Å². The van der Waals surface area contributed by atoms with Crippen LogP contribution in [0.1, 0.15) is 317 Å². The van der Waals surface area contributed by atoms with E-state index in [1.54, 1.807) is 0 Å². The topological polar surface area (TPSA) is 18.0 Å². The first-order valence-electron chi connectivity index (χ1n) is 29.0. The van der Waals surface area contributed by atoms with Crippen molar-refractivity contribution in [3.63, 3.8) is 0 Å². The average Bonchev–Trinajstić information content (AvgIpc) is 3.58. The molecule has 0 fully saturated rings. The summed E-state index contributed by atoms with van der Waals surface area (Å²) < 4.78 is 11.3. The Labute approximate surface area is 392 Å². The van der Waals surface area contributed by atoms with Gasteiger partial charge in [-0.25, -0.2) is 9.13 Å². The summed E-state index contributed by atoms with van der Waals surface area (Å²) in [5.41, 5.74) is 0. The lowest BCUT2D eigenvalue weighted by molar-refractivity contribution is -0.677. The lowest BCUT2D eigenvalue weighted by Gasteiger charge is -2.21. The first-order chi connectivity index (χ1) is 30.4. The van der Waals surface area contributed by atoms with Crippen LogP contribution in [0.4, 0.5) is 0 Å². The Kier molecular flexibility index (Phi) is 43.3. The van der Waals surface area contributed by atoms with Crippen molar-refractivity contribution < 1.29 is 9.30 Å². The molecule has 0 aliphatic carbocycles. The summed E-state index contributed by atoms with van der Waals surface area (Å²) >= 11 is 0.